The molecule has 4 rings (SSSR count). The molecule has 0 radical (unpaired) electrons. The van der Waals surface area contributed by atoms with E-state index in [9.17, 15) is 4.79 Å². The molecule has 0 aliphatic carbocycles. The fourth-order valence-electron chi connectivity index (χ4n) is 3.08. The van der Waals surface area contributed by atoms with Crippen molar-refractivity contribution in [2.45, 2.75) is 6.92 Å². The van der Waals surface area contributed by atoms with Crippen LogP contribution in [0.25, 0.3) is 5.69 Å². The van der Waals surface area contributed by atoms with E-state index in [1.54, 1.807) is 24.1 Å². The molecule has 4 aromatic rings. The van der Waals surface area contributed by atoms with Crippen molar-refractivity contribution >= 4 is 11.6 Å². The number of amides is 1. The maximum atomic E-state index is 12.9. The molecule has 3 aromatic carbocycles. The summed E-state index contributed by atoms with van der Waals surface area (Å²) in [6.45, 7) is 1.86. The molecule has 1 N–H and O–H groups in total. The SMILES string of the molecule is COc1ccc(-n2ncc(C(=O)Nc3ccccc3Oc3ccccc3)c2C)cc1. The first-order valence-corrected chi connectivity index (χ1v) is 9.48. The lowest BCUT2D eigenvalue weighted by Gasteiger charge is -2.12. The third kappa shape index (κ3) is 4.03. The minimum Gasteiger partial charge on any atom is -0.497 e. The van der Waals surface area contributed by atoms with Crippen molar-refractivity contribution in [2.24, 2.45) is 0 Å². The van der Waals surface area contributed by atoms with Crippen LogP contribution < -0.4 is 14.8 Å². The lowest BCUT2D eigenvalue weighted by atomic mass is 10.2. The van der Waals surface area contributed by atoms with Crippen molar-refractivity contribution in [3.63, 3.8) is 0 Å². The lowest BCUT2D eigenvalue weighted by molar-refractivity contribution is 0.102. The van der Waals surface area contributed by atoms with Crippen molar-refractivity contribution in [1.82, 2.24) is 9.78 Å². The molecule has 0 aliphatic rings. The molecule has 0 unspecified atom stereocenters. The monoisotopic (exact) mass is 399 g/mol. The zero-order valence-electron chi connectivity index (χ0n) is 16.7. The Morgan fingerprint density at radius 3 is 2.33 bits per heavy atom. The van der Waals surface area contributed by atoms with Gasteiger partial charge >= 0.3 is 0 Å². The Labute approximate surface area is 174 Å². The van der Waals surface area contributed by atoms with Crippen LogP contribution >= 0.6 is 0 Å². The summed E-state index contributed by atoms with van der Waals surface area (Å²) in [6.07, 6.45) is 1.57. The summed E-state index contributed by atoms with van der Waals surface area (Å²) in [5.74, 6) is 1.77. The summed E-state index contributed by atoms with van der Waals surface area (Å²) in [6, 6.07) is 24.3. The minimum atomic E-state index is -0.253. The van der Waals surface area contributed by atoms with E-state index in [1.807, 2.05) is 79.7 Å². The summed E-state index contributed by atoms with van der Waals surface area (Å²) in [4.78, 5) is 12.9. The second-order valence-electron chi connectivity index (χ2n) is 6.62. The van der Waals surface area contributed by atoms with Gasteiger partial charge in [0.05, 0.1) is 35.9 Å². The molecule has 1 aromatic heterocycles. The average molecular weight is 399 g/mol. The third-order valence-corrected chi connectivity index (χ3v) is 4.68. The number of anilines is 1. The summed E-state index contributed by atoms with van der Waals surface area (Å²) in [5.41, 5.74) is 2.66. The maximum absolute atomic E-state index is 12.9. The van der Waals surface area contributed by atoms with Gasteiger partial charge in [0.1, 0.15) is 11.5 Å². The van der Waals surface area contributed by atoms with Gasteiger partial charge in [-0.1, -0.05) is 30.3 Å². The van der Waals surface area contributed by atoms with Crippen LogP contribution in [0.5, 0.6) is 17.2 Å². The first-order valence-electron chi connectivity index (χ1n) is 9.48. The van der Waals surface area contributed by atoms with Gasteiger partial charge in [0.15, 0.2) is 5.75 Å². The number of methoxy groups -OCH3 is 1. The highest BCUT2D eigenvalue weighted by atomic mass is 16.5. The Bertz CT molecular complexity index is 1150. The van der Waals surface area contributed by atoms with E-state index in [2.05, 4.69) is 10.4 Å². The number of hydrogen-bond donors (Lipinski definition) is 1. The molecule has 30 heavy (non-hydrogen) atoms. The lowest BCUT2D eigenvalue weighted by Crippen LogP contribution is -2.13. The van der Waals surface area contributed by atoms with Crippen LogP contribution in [0.2, 0.25) is 0 Å². The molecule has 1 amide bonds. The molecule has 0 saturated carbocycles. The number of carbonyl (C=O) groups is 1. The average Bonchev–Trinajstić information content (AvgIpc) is 3.17. The summed E-state index contributed by atoms with van der Waals surface area (Å²) < 4.78 is 12.8. The smallest absolute Gasteiger partial charge is 0.259 e. The van der Waals surface area contributed by atoms with E-state index in [4.69, 9.17) is 9.47 Å². The molecule has 0 saturated heterocycles. The van der Waals surface area contributed by atoms with Gasteiger partial charge in [-0.25, -0.2) is 4.68 Å². The van der Waals surface area contributed by atoms with Crippen LogP contribution in [0.1, 0.15) is 16.1 Å². The molecule has 6 heteroatoms. The van der Waals surface area contributed by atoms with E-state index in [0.29, 0.717) is 22.7 Å². The van der Waals surface area contributed by atoms with E-state index in [1.165, 1.54) is 0 Å². The quantitative estimate of drug-likeness (QED) is 0.482. The van der Waals surface area contributed by atoms with Gasteiger partial charge in [-0.15, -0.1) is 0 Å². The molecule has 150 valence electrons. The first-order chi connectivity index (χ1) is 14.7. The first kappa shape index (κ1) is 19.3. The molecular weight excluding hydrogens is 378 g/mol. The van der Waals surface area contributed by atoms with Crippen LogP contribution in [-0.2, 0) is 0 Å². The fourth-order valence-corrected chi connectivity index (χ4v) is 3.08. The Kier molecular flexibility index (Phi) is 5.48. The number of ether oxygens (including phenoxy) is 2. The zero-order chi connectivity index (χ0) is 20.9. The minimum absolute atomic E-state index is 0.253. The van der Waals surface area contributed by atoms with Gasteiger partial charge in [0.25, 0.3) is 5.91 Å². The molecule has 0 atom stereocenters. The molecule has 0 bridgehead atoms. The van der Waals surface area contributed by atoms with Gasteiger partial charge in [-0.3, -0.25) is 4.79 Å². The number of nitrogens with one attached hydrogen (secondary N) is 1. The van der Waals surface area contributed by atoms with E-state index >= 15 is 0 Å². The molecule has 1 heterocycles. The number of para-hydroxylation sites is 3. The summed E-state index contributed by atoms with van der Waals surface area (Å²) in [7, 11) is 1.62. The highest BCUT2D eigenvalue weighted by molar-refractivity contribution is 6.05. The predicted octanol–water partition coefficient (Wildman–Crippen LogP) is 5.23. The Morgan fingerprint density at radius 1 is 0.900 bits per heavy atom. The zero-order valence-corrected chi connectivity index (χ0v) is 16.7. The van der Waals surface area contributed by atoms with Crippen LogP contribution in [0.3, 0.4) is 0 Å². The van der Waals surface area contributed by atoms with E-state index in [0.717, 1.165) is 17.1 Å². The second-order valence-corrected chi connectivity index (χ2v) is 6.62. The molecular formula is C24H21N3O3. The van der Waals surface area contributed by atoms with Crippen molar-refractivity contribution in [3.05, 3.63) is 96.3 Å². The van der Waals surface area contributed by atoms with E-state index < -0.39 is 0 Å². The van der Waals surface area contributed by atoms with Crippen molar-refractivity contribution < 1.29 is 14.3 Å². The Hall–Kier alpha value is -4.06. The van der Waals surface area contributed by atoms with Crippen molar-refractivity contribution in [3.8, 4) is 22.9 Å². The largest absolute Gasteiger partial charge is 0.497 e. The van der Waals surface area contributed by atoms with Crippen LogP contribution in [0.15, 0.2) is 85.1 Å². The molecule has 0 aliphatic heterocycles. The van der Waals surface area contributed by atoms with E-state index in [-0.39, 0.29) is 5.91 Å². The number of aromatic nitrogens is 2. The summed E-state index contributed by atoms with van der Waals surface area (Å²) >= 11 is 0. The normalized spacial score (nSPS) is 10.5. The number of benzene rings is 3. The summed E-state index contributed by atoms with van der Waals surface area (Å²) in [5, 5.41) is 7.31. The van der Waals surface area contributed by atoms with Gasteiger partial charge in [0.2, 0.25) is 0 Å². The van der Waals surface area contributed by atoms with Crippen LogP contribution in [-0.4, -0.2) is 22.8 Å². The Morgan fingerprint density at radius 2 is 1.60 bits per heavy atom. The van der Waals surface area contributed by atoms with Crippen molar-refractivity contribution in [1.29, 1.82) is 0 Å². The van der Waals surface area contributed by atoms with Crippen LogP contribution in [0.4, 0.5) is 5.69 Å². The highest BCUT2D eigenvalue weighted by Gasteiger charge is 2.17. The highest BCUT2D eigenvalue weighted by Crippen LogP contribution is 2.29. The Balaban J connectivity index is 1.56. The molecule has 0 spiro atoms. The second kappa shape index (κ2) is 8.53. The van der Waals surface area contributed by atoms with Crippen molar-refractivity contribution in [2.75, 3.05) is 12.4 Å². The van der Waals surface area contributed by atoms with Gasteiger partial charge in [0, 0.05) is 0 Å². The molecule has 0 fully saturated rings. The van der Waals surface area contributed by atoms with Gasteiger partial charge in [-0.05, 0) is 55.5 Å². The topological polar surface area (TPSA) is 65.4 Å². The predicted molar refractivity (Wildman–Crippen MR) is 116 cm³/mol. The van der Waals surface area contributed by atoms with Crippen LogP contribution in [0, 0.1) is 6.92 Å². The number of rotatable bonds is 6. The number of hydrogen-bond acceptors (Lipinski definition) is 4. The standard InChI is InChI=1S/C24H21N3O3/c1-17-21(16-25-27(17)18-12-14-19(29-2)15-13-18)24(28)26-22-10-6-7-11-23(22)30-20-8-4-3-5-9-20/h3-16H,1-2H3,(H,26,28). The fraction of sp³-hybridized carbons (Fsp3) is 0.0833. The third-order valence-electron chi connectivity index (χ3n) is 4.68. The number of nitrogens with zero attached hydrogens (tertiary/aromatic N) is 2. The molecule has 6 nitrogen and oxygen atoms in total. The number of carbonyl (C=O) groups excluding carboxylic acids is 1. The maximum Gasteiger partial charge on any atom is 0.259 e. The van der Waals surface area contributed by atoms with Gasteiger partial charge in [-0.2, -0.15) is 5.10 Å². The van der Waals surface area contributed by atoms with Gasteiger partial charge < -0.3 is 14.8 Å².